The van der Waals surface area contributed by atoms with E-state index in [9.17, 15) is 0 Å². The van der Waals surface area contributed by atoms with Crippen LogP contribution in [0.4, 0.5) is 0 Å². The zero-order valence-corrected chi connectivity index (χ0v) is 12.2. The van der Waals surface area contributed by atoms with Crippen LogP contribution in [0.5, 0.6) is 0 Å². The Kier molecular flexibility index (Phi) is 2.52. The Morgan fingerprint density at radius 2 is 1.95 bits per heavy atom. The van der Waals surface area contributed by atoms with Gasteiger partial charge < -0.3 is 9.57 Å². The first-order valence-electron chi connectivity index (χ1n) is 8.25. The Bertz CT molecular complexity index is 572. The maximum absolute atomic E-state index is 5.74. The van der Waals surface area contributed by atoms with Crippen LogP contribution in [0.3, 0.4) is 0 Å². The summed E-state index contributed by atoms with van der Waals surface area (Å²) in [6, 6.07) is 10.3. The summed E-state index contributed by atoms with van der Waals surface area (Å²) in [5.41, 5.74) is 2.91. The van der Waals surface area contributed by atoms with Gasteiger partial charge in [0, 0.05) is 11.3 Å². The topological polar surface area (TPSA) is 34.1 Å². The highest BCUT2D eigenvalue weighted by molar-refractivity contribution is 5.95. The van der Waals surface area contributed by atoms with Crippen LogP contribution in [0.25, 0.3) is 0 Å². The van der Waals surface area contributed by atoms with E-state index in [4.69, 9.17) is 9.57 Å². The molecule has 0 aromatic heterocycles. The lowest BCUT2D eigenvalue weighted by Gasteiger charge is -2.35. The second-order valence-electron chi connectivity index (χ2n) is 7.22. The minimum atomic E-state index is 0.340. The van der Waals surface area contributed by atoms with Crippen molar-refractivity contribution >= 4 is 5.71 Å². The lowest BCUT2D eigenvalue weighted by Crippen LogP contribution is -2.36. The number of ether oxygens (including phenoxy) is 1. The number of rotatable bonds is 3. The van der Waals surface area contributed by atoms with E-state index in [1.54, 1.807) is 0 Å². The predicted octanol–water partition coefficient (Wildman–Crippen LogP) is 3.54. The SMILES string of the molecule is c1ccc(CO/N=C2\[C@@H]3CC[C@@H](C3)C23CC2OC2C3)cc1. The lowest BCUT2D eigenvalue weighted by molar-refractivity contribution is 0.117. The molecule has 0 radical (unpaired) electrons. The van der Waals surface area contributed by atoms with Gasteiger partial charge in [-0.05, 0) is 43.6 Å². The van der Waals surface area contributed by atoms with Crippen LogP contribution in [0.1, 0.15) is 37.7 Å². The fourth-order valence-electron chi connectivity index (χ4n) is 5.15. The molecular weight excluding hydrogens is 262 g/mol. The standard InChI is InChI=1S/C18H21NO2/c1-2-4-12(5-3-1)11-20-19-17-13-6-7-14(8-13)18(17)9-15-16(10-18)21-15/h1-5,13-16H,6-11H2/b19-17+/t13-,14+,15?,16?,18?/m1/s1. The van der Waals surface area contributed by atoms with Crippen LogP contribution < -0.4 is 0 Å². The fraction of sp³-hybridized carbons (Fsp3) is 0.611. The van der Waals surface area contributed by atoms with E-state index in [2.05, 4.69) is 17.3 Å². The number of oxime groups is 1. The monoisotopic (exact) mass is 283 g/mol. The molecule has 1 heterocycles. The average Bonchev–Trinajstić information content (AvgIpc) is 2.91. The van der Waals surface area contributed by atoms with Gasteiger partial charge in [-0.3, -0.25) is 0 Å². The van der Waals surface area contributed by atoms with Gasteiger partial charge >= 0.3 is 0 Å². The molecule has 1 saturated heterocycles. The van der Waals surface area contributed by atoms with Crippen LogP contribution in [0.15, 0.2) is 35.5 Å². The molecule has 0 amide bonds. The van der Waals surface area contributed by atoms with Gasteiger partial charge in [-0.15, -0.1) is 0 Å². The van der Waals surface area contributed by atoms with Gasteiger partial charge in [-0.25, -0.2) is 0 Å². The highest BCUT2D eigenvalue weighted by Crippen LogP contribution is 2.65. The molecule has 2 unspecified atom stereocenters. The van der Waals surface area contributed by atoms with E-state index in [1.165, 1.54) is 43.4 Å². The summed E-state index contributed by atoms with van der Waals surface area (Å²) < 4.78 is 5.67. The van der Waals surface area contributed by atoms with E-state index in [0.717, 1.165) is 5.92 Å². The normalized spacial score (nSPS) is 44.5. The lowest BCUT2D eigenvalue weighted by atomic mass is 9.70. The molecule has 1 spiro atoms. The molecule has 3 aliphatic carbocycles. The minimum Gasteiger partial charge on any atom is -0.391 e. The Balaban J connectivity index is 1.36. The van der Waals surface area contributed by atoms with Crippen LogP contribution in [-0.4, -0.2) is 17.9 Å². The summed E-state index contributed by atoms with van der Waals surface area (Å²) in [6.45, 7) is 0.584. The molecule has 21 heavy (non-hydrogen) atoms. The predicted molar refractivity (Wildman–Crippen MR) is 79.8 cm³/mol. The van der Waals surface area contributed by atoms with Gasteiger partial charge in [-0.1, -0.05) is 35.5 Å². The molecular formula is C18H21NO2. The zero-order chi connectivity index (χ0) is 13.9. The Labute approximate surface area is 125 Å². The van der Waals surface area contributed by atoms with Crippen LogP contribution in [-0.2, 0) is 16.2 Å². The van der Waals surface area contributed by atoms with E-state index >= 15 is 0 Å². The van der Waals surface area contributed by atoms with Crippen molar-refractivity contribution in [3.05, 3.63) is 35.9 Å². The molecule has 4 atom stereocenters. The van der Waals surface area contributed by atoms with Gasteiger partial charge in [0.05, 0.1) is 17.9 Å². The Morgan fingerprint density at radius 3 is 2.76 bits per heavy atom. The molecule has 2 bridgehead atoms. The first kappa shape index (κ1) is 12.2. The maximum Gasteiger partial charge on any atom is 0.142 e. The van der Waals surface area contributed by atoms with Crippen molar-refractivity contribution < 1.29 is 9.57 Å². The van der Waals surface area contributed by atoms with Gasteiger partial charge in [0.25, 0.3) is 0 Å². The second kappa shape index (κ2) is 4.33. The van der Waals surface area contributed by atoms with Crippen molar-refractivity contribution in [2.45, 2.75) is 50.9 Å². The van der Waals surface area contributed by atoms with Crippen molar-refractivity contribution in [2.75, 3.05) is 0 Å². The first-order valence-corrected chi connectivity index (χ1v) is 8.25. The Hall–Kier alpha value is -1.35. The van der Waals surface area contributed by atoms with E-state index in [1.807, 2.05) is 18.2 Å². The van der Waals surface area contributed by atoms with Gasteiger partial charge in [0.2, 0.25) is 0 Å². The quantitative estimate of drug-likeness (QED) is 0.628. The second-order valence-corrected chi connectivity index (χ2v) is 7.22. The minimum absolute atomic E-state index is 0.340. The molecule has 4 fully saturated rings. The number of nitrogens with zero attached hydrogens (tertiary/aromatic N) is 1. The highest BCUT2D eigenvalue weighted by Gasteiger charge is 2.66. The van der Waals surface area contributed by atoms with Crippen molar-refractivity contribution in [1.29, 1.82) is 0 Å². The van der Waals surface area contributed by atoms with Gasteiger partial charge in [0.1, 0.15) is 6.61 Å². The third-order valence-corrected chi connectivity index (χ3v) is 6.17. The summed E-state index contributed by atoms with van der Waals surface area (Å²) in [7, 11) is 0. The van der Waals surface area contributed by atoms with E-state index in [0.29, 0.717) is 30.1 Å². The molecule has 110 valence electrons. The van der Waals surface area contributed by atoms with Gasteiger partial charge in [0.15, 0.2) is 0 Å². The number of fused-ring (bicyclic) bond motifs is 4. The molecule has 1 aliphatic heterocycles. The number of epoxide rings is 1. The van der Waals surface area contributed by atoms with Crippen molar-refractivity contribution in [1.82, 2.24) is 0 Å². The molecule has 3 saturated carbocycles. The van der Waals surface area contributed by atoms with Crippen LogP contribution in [0.2, 0.25) is 0 Å². The summed E-state index contributed by atoms with van der Waals surface area (Å²) in [4.78, 5) is 5.74. The number of hydrogen-bond donors (Lipinski definition) is 0. The number of benzene rings is 1. The molecule has 1 aromatic rings. The zero-order valence-electron chi connectivity index (χ0n) is 12.2. The largest absolute Gasteiger partial charge is 0.391 e. The van der Waals surface area contributed by atoms with Crippen molar-refractivity contribution in [2.24, 2.45) is 22.4 Å². The molecule has 0 N–H and O–H groups in total. The van der Waals surface area contributed by atoms with E-state index < -0.39 is 0 Å². The third-order valence-electron chi connectivity index (χ3n) is 6.17. The summed E-state index contributed by atoms with van der Waals surface area (Å²) in [5, 5.41) is 4.65. The van der Waals surface area contributed by atoms with E-state index in [-0.39, 0.29) is 0 Å². The third kappa shape index (κ3) is 1.80. The maximum atomic E-state index is 5.74. The van der Waals surface area contributed by atoms with Crippen molar-refractivity contribution in [3.63, 3.8) is 0 Å². The number of hydrogen-bond acceptors (Lipinski definition) is 3. The fourth-order valence-corrected chi connectivity index (χ4v) is 5.15. The average molecular weight is 283 g/mol. The summed E-state index contributed by atoms with van der Waals surface area (Å²) >= 11 is 0. The van der Waals surface area contributed by atoms with Crippen molar-refractivity contribution in [3.8, 4) is 0 Å². The van der Waals surface area contributed by atoms with Crippen LogP contribution >= 0.6 is 0 Å². The first-order chi connectivity index (χ1) is 10.4. The highest BCUT2D eigenvalue weighted by atomic mass is 16.6. The van der Waals surface area contributed by atoms with Gasteiger partial charge in [-0.2, -0.15) is 0 Å². The molecule has 3 nitrogen and oxygen atoms in total. The van der Waals surface area contributed by atoms with Crippen LogP contribution in [0, 0.1) is 17.3 Å². The Morgan fingerprint density at radius 1 is 1.14 bits per heavy atom. The molecule has 5 rings (SSSR count). The molecule has 4 aliphatic rings. The summed E-state index contributed by atoms with van der Waals surface area (Å²) in [5.74, 6) is 1.53. The molecule has 1 aromatic carbocycles. The molecule has 3 heteroatoms. The smallest absolute Gasteiger partial charge is 0.142 e. The summed E-state index contributed by atoms with van der Waals surface area (Å²) in [6.07, 6.45) is 7.51.